The summed E-state index contributed by atoms with van der Waals surface area (Å²) in [6.45, 7) is 4.91. The van der Waals surface area contributed by atoms with Crippen LogP contribution in [0, 0.1) is 0 Å². The molecule has 0 aliphatic heterocycles. The predicted molar refractivity (Wildman–Crippen MR) is 94.0 cm³/mol. The van der Waals surface area contributed by atoms with Crippen LogP contribution in [-0.4, -0.2) is 8.80 Å². The van der Waals surface area contributed by atoms with E-state index in [0.29, 0.717) is 3.67 Å². The average molecular weight is 537 g/mol. The molecule has 0 heterocycles. The molecule has 0 radical (unpaired) electrons. The minimum absolute atomic E-state index is 0. The molecule has 4 heteroatoms. The zero-order valence-corrected chi connectivity index (χ0v) is 20.1. The van der Waals surface area contributed by atoms with E-state index in [1.54, 1.807) is 27.5 Å². The molecular weight excluding hydrogens is 518 g/mol. The molecule has 24 heavy (non-hydrogen) atoms. The SMILES string of the molecule is C[SiH](C)c1ccc2c(c1C1=CC=CC1)[CH]([Hf+2])c1ccccc1-2.[Cl-].[Cl-]. The third kappa shape index (κ3) is 3.07. The van der Waals surface area contributed by atoms with Gasteiger partial charge in [0.05, 0.1) is 0 Å². The molecule has 1 atom stereocenters. The number of fused-ring (bicyclic) bond motifs is 3. The second-order valence-electron chi connectivity index (χ2n) is 6.49. The Balaban J connectivity index is 0.00000104. The molecule has 2 aliphatic carbocycles. The standard InChI is InChI=1S/C20H19Si.2ClH.Hf/c1-21(2)19-12-11-17-16-10-6-5-9-15(16)13-18(17)20(19)14-7-3-4-8-14;;;/h3-7,9-13,21H,8H2,1-2H3;2*1H;/q;;;+2/p-2. The van der Waals surface area contributed by atoms with E-state index in [9.17, 15) is 0 Å². The van der Waals surface area contributed by atoms with Crippen LogP contribution in [0.1, 0.15) is 26.8 Å². The summed E-state index contributed by atoms with van der Waals surface area (Å²) in [6.07, 6.45) is 7.97. The fourth-order valence-electron chi connectivity index (χ4n) is 3.79. The summed E-state index contributed by atoms with van der Waals surface area (Å²) in [5, 5.41) is 1.65. The number of benzene rings is 2. The van der Waals surface area contributed by atoms with Crippen molar-refractivity contribution in [2.45, 2.75) is 23.2 Å². The molecule has 1 unspecified atom stereocenters. The van der Waals surface area contributed by atoms with Gasteiger partial charge in [0.15, 0.2) is 0 Å². The van der Waals surface area contributed by atoms with Crippen LogP contribution in [0.2, 0.25) is 13.1 Å². The molecule has 4 rings (SSSR count). The van der Waals surface area contributed by atoms with Gasteiger partial charge in [-0.2, -0.15) is 0 Å². The Labute approximate surface area is 173 Å². The molecule has 2 aliphatic rings. The van der Waals surface area contributed by atoms with Gasteiger partial charge in [0, 0.05) is 0 Å². The second-order valence-corrected chi connectivity index (χ2v) is 11.5. The van der Waals surface area contributed by atoms with Gasteiger partial charge in [-0.05, 0) is 0 Å². The van der Waals surface area contributed by atoms with Crippen LogP contribution in [0.15, 0.2) is 54.6 Å². The molecule has 0 fully saturated rings. The normalized spacial score (nSPS) is 17.0. The van der Waals surface area contributed by atoms with Crippen LogP contribution in [0.4, 0.5) is 0 Å². The van der Waals surface area contributed by atoms with Gasteiger partial charge in [0.25, 0.3) is 0 Å². The zero-order chi connectivity index (χ0) is 15.3. The zero-order valence-electron chi connectivity index (χ0n) is 13.8. The van der Waals surface area contributed by atoms with Crippen LogP contribution in [0.25, 0.3) is 16.7 Å². The van der Waals surface area contributed by atoms with E-state index in [0.717, 1.165) is 6.42 Å². The number of halogens is 2. The van der Waals surface area contributed by atoms with Gasteiger partial charge < -0.3 is 24.8 Å². The van der Waals surface area contributed by atoms with Crippen molar-refractivity contribution in [1.29, 1.82) is 0 Å². The molecule has 0 spiro atoms. The van der Waals surface area contributed by atoms with Crippen LogP contribution in [-0.2, 0) is 24.4 Å². The van der Waals surface area contributed by atoms with Gasteiger partial charge in [-0.1, -0.05) is 0 Å². The van der Waals surface area contributed by atoms with E-state index in [4.69, 9.17) is 0 Å². The minimum atomic E-state index is -0.837. The smallest absolute Gasteiger partial charge is 1.00 e. The number of hydrogen-bond acceptors (Lipinski definition) is 0. The summed E-state index contributed by atoms with van der Waals surface area (Å²) in [4.78, 5) is 0. The maximum atomic E-state index is 2.46. The molecular formula is C20H19Cl2HfSi. The molecule has 0 bridgehead atoms. The fraction of sp³-hybridized carbons (Fsp3) is 0.200. The first-order chi connectivity index (χ1) is 10.7. The van der Waals surface area contributed by atoms with E-state index in [-0.39, 0.29) is 24.8 Å². The van der Waals surface area contributed by atoms with Gasteiger partial charge in [-0.25, -0.2) is 0 Å². The minimum Gasteiger partial charge on any atom is -1.00 e. The maximum absolute atomic E-state index is 2.46. The number of hydrogen-bond donors (Lipinski definition) is 0. The van der Waals surface area contributed by atoms with Gasteiger partial charge in [-0.15, -0.1) is 0 Å². The Hall–Kier alpha value is -0.413. The number of allylic oxidation sites excluding steroid dienone is 4. The van der Waals surface area contributed by atoms with Crippen molar-refractivity contribution < 1.29 is 49.2 Å². The average Bonchev–Trinajstić information content (AvgIpc) is 3.15. The molecule has 0 amide bonds. The topological polar surface area (TPSA) is 0 Å². The predicted octanol–water partition coefficient (Wildman–Crippen LogP) is -1.65. The Bertz CT molecular complexity index is 824. The molecule has 0 N–H and O–H groups in total. The van der Waals surface area contributed by atoms with Crippen molar-refractivity contribution in [3.05, 3.63) is 71.3 Å². The van der Waals surface area contributed by atoms with E-state index < -0.39 is 8.80 Å². The van der Waals surface area contributed by atoms with Gasteiger partial charge >= 0.3 is 150 Å². The first kappa shape index (κ1) is 19.9. The van der Waals surface area contributed by atoms with E-state index in [1.165, 1.54) is 35.5 Å². The third-order valence-electron chi connectivity index (χ3n) is 4.84. The van der Waals surface area contributed by atoms with Crippen molar-refractivity contribution in [2.24, 2.45) is 0 Å². The van der Waals surface area contributed by atoms with Crippen molar-refractivity contribution >= 4 is 19.6 Å². The second kappa shape index (κ2) is 7.86. The Morgan fingerprint density at radius 1 is 1.00 bits per heavy atom. The van der Waals surface area contributed by atoms with Crippen LogP contribution in [0.5, 0.6) is 0 Å². The Morgan fingerprint density at radius 3 is 2.42 bits per heavy atom. The number of rotatable bonds is 2. The summed E-state index contributed by atoms with van der Waals surface area (Å²) in [5.41, 5.74) is 9.32. The van der Waals surface area contributed by atoms with Crippen molar-refractivity contribution in [3.63, 3.8) is 0 Å². The van der Waals surface area contributed by atoms with Crippen LogP contribution >= 0.6 is 0 Å². The quantitative estimate of drug-likeness (QED) is 0.404. The molecule has 2 aromatic carbocycles. The third-order valence-corrected chi connectivity index (χ3v) is 8.72. The summed E-state index contributed by atoms with van der Waals surface area (Å²) in [5.74, 6) is 0. The van der Waals surface area contributed by atoms with Crippen LogP contribution < -0.4 is 30.0 Å². The molecule has 0 saturated heterocycles. The fourth-order valence-corrected chi connectivity index (χ4v) is 7.17. The first-order valence-electron chi connectivity index (χ1n) is 8.01. The van der Waals surface area contributed by atoms with Gasteiger partial charge in [0.2, 0.25) is 0 Å². The van der Waals surface area contributed by atoms with Gasteiger partial charge in [0.1, 0.15) is 0 Å². The van der Waals surface area contributed by atoms with E-state index >= 15 is 0 Å². The van der Waals surface area contributed by atoms with E-state index in [2.05, 4.69) is 67.7 Å². The molecule has 0 nitrogen and oxygen atoms in total. The summed E-state index contributed by atoms with van der Waals surface area (Å²) in [6, 6.07) is 13.9. The Morgan fingerprint density at radius 2 is 1.75 bits per heavy atom. The summed E-state index contributed by atoms with van der Waals surface area (Å²) >= 11 is 1.19. The molecule has 2 aromatic rings. The van der Waals surface area contributed by atoms with Crippen molar-refractivity contribution in [2.75, 3.05) is 0 Å². The molecule has 0 saturated carbocycles. The van der Waals surface area contributed by atoms with E-state index in [1.807, 2.05) is 0 Å². The first-order valence-corrected chi connectivity index (χ1v) is 13.0. The largest absolute Gasteiger partial charge is 1.00 e. The monoisotopic (exact) mass is 537 g/mol. The maximum Gasteiger partial charge on any atom is -1.00 e. The molecule has 121 valence electrons. The molecule has 0 aromatic heterocycles. The van der Waals surface area contributed by atoms with Crippen molar-refractivity contribution in [3.8, 4) is 11.1 Å². The van der Waals surface area contributed by atoms with Gasteiger partial charge in [-0.3, -0.25) is 0 Å². The summed E-state index contributed by atoms with van der Waals surface area (Å²) in [7, 11) is -0.837. The van der Waals surface area contributed by atoms with Crippen molar-refractivity contribution in [1.82, 2.24) is 0 Å². The summed E-state index contributed by atoms with van der Waals surface area (Å²) < 4.78 is 0.649. The van der Waals surface area contributed by atoms with Crippen LogP contribution in [0.3, 0.4) is 0 Å². The Kier molecular flexibility index (Phi) is 6.52.